The highest BCUT2D eigenvalue weighted by molar-refractivity contribution is 8.01. The Bertz CT molecular complexity index is 1570. The van der Waals surface area contributed by atoms with Crippen molar-refractivity contribution < 1.29 is 14.5 Å². The molecule has 5 rings (SSSR count). The summed E-state index contributed by atoms with van der Waals surface area (Å²) in [5.74, 6) is 0.0828. The largest absolute Gasteiger partial charge is 0.378 e. The summed E-state index contributed by atoms with van der Waals surface area (Å²) < 4.78 is 7.07. The number of aromatic nitrogens is 1. The fraction of sp³-hybridized carbons (Fsp3) is 0.222. The van der Waals surface area contributed by atoms with Gasteiger partial charge >= 0.3 is 0 Å². The van der Waals surface area contributed by atoms with Gasteiger partial charge in [-0.05, 0) is 54.4 Å². The van der Waals surface area contributed by atoms with E-state index in [0.29, 0.717) is 54.0 Å². The zero-order valence-electron chi connectivity index (χ0n) is 20.9. The molecular formula is C27H24ClN5O4S2. The monoisotopic (exact) mass is 581 g/mol. The molecule has 0 radical (unpaired) electrons. The van der Waals surface area contributed by atoms with Gasteiger partial charge in [-0.15, -0.1) is 11.3 Å². The average molecular weight is 582 g/mol. The van der Waals surface area contributed by atoms with Crippen LogP contribution in [-0.2, 0) is 9.53 Å². The quantitative estimate of drug-likeness (QED) is 0.110. The number of ether oxygens (including phenoxy) is 1. The number of amides is 1. The molecule has 0 saturated carbocycles. The molecule has 0 atom stereocenters. The van der Waals surface area contributed by atoms with Crippen molar-refractivity contribution in [2.45, 2.75) is 11.3 Å². The van der Waals surface area contributed by atoms with Crippen LogP contribution in [0.15, 0.2) is 63.9 Å². The number of thioether (sulfide) groups is 1. The highest BCUT2D eigenvalue weighted by Gasteiger charge is 2.21. The van der Waals surface area contributed by atoms with E-state index in [4.69, 9.17) is 16.3 Å². The van der Waals surface area contributed by atoms with Crippen molar-refractivity contribution in [3.63, 3.8) is 0 Å². The van der Waals surface area contributed by atoms with Crippen LogP contribution in [-0.4, -0.2) is 54.1 Å². The summed E-state index contributed by atoms with van der Waals surface area (Å²) in [6.45, 7) is 4.26. The van der Waals surface area contributed by atoms with E-state index in [0.717, 1.165) is 20.1 Å². The number of aryl methyl sites for hydroxylation is 1. The Morgan fingerprint density at radius 2 is 2.05 bits per heavy atom. The van der Waals surface area contributed by atoms with Crippen molar-refractivity contribution >= 4 is 79.8 Å². The topological polar surface area (TPSA) is 110 Å². The van der Waals surface area contributed by atoms with Crippen molar-refractivity contribution in [3.05, 3.63) is 80.9 Å². The number of nitro benzene ring substituents is 1. The summed E-state index contributed by atoms with van der Waals surface area (Å²) in [5, 5.41) is 15.2. The molecule has 1 fully saturated rings. The van der Waals surface area contributed by atoms with Crippen LogP contribution in [0.3, 0.4) is 0 Å². The number of nitrogens with one attached hydrogen (secondary N) is 1. The van der Waals surface area contributed by atoms with Crippen LogP contribution in [0.25, 0.3) is 10.2 Å². The number of benzene rings is 3. The van der Waals surface area contributed by atoms with Crippen LogP contribution in [0.4, 0.5) is 22.7 Å². The zero-order valence-corrected chi connectivity index (χ0v) is 23.3. The second-order valence-electron chi connectivity index (χ2n) is 8.79. The predicted octanol–water partition coefficient (Wildman–Crippen LogP) is 6.48. The van der Waals surface area contributed by atoms with Crippen molar-refractivity contribution in [2.24, 2.45) is 4.99 Å². The van der Waals surface area contributed by atoms with Crippen molar-refractivity contribution in [1.29, 1.82) is 0 Å². The molecule has 2 heterocycles. The molecule has 39 heavy (non-hydrogen) atoms. The molecular weight excluding hydrogens is 558 g/mol. The lowest BCUT2D eigenvalue weighted by Crippen LogP contribution is -2.36. The molecule has 200 valence electrons. The molecule has 1 amide bonds. The maximum atomic E-state index is 12.4. The number of anilines is 2. The first kappa shape index (κ1) is 27.1. The van der Waals surface area contributed by atoms with E-state index in [-0.39, 0.29) is 22.3 Å². The number of aliphatic imine (C=N–C) groups is 1. The molecule has 0 spiro atoms. The summed E-state index contributed by atoms with van der Waals surface area (Å²) in [7, 11) is 0. The van der Waals surface area contributed by atoms with Gasteiger partial charge in [-0.3, -0.25) is 19.9 Å². The van der Waals surface area contributed by atoms with Crippen molar-refractivity contribution in [3.8, 4) is 0 Å². The van der Waals surface area contributed by atoms with E-state index >= 15 is 0 Å². The molecule has 1 aromatic heterocycles. The molecule has 1 aliphatic heterocycles. The Kier molecular flexibility index (Phi) is 8.41. The van der Waals surface area contributed by atoms with E-state index in [2.05, 4.69) is 15.3 Å². The van der Waals surface area contributed by atoms with Crippen LogP contribution in [0.2, 0.25) is 5.02 Å². The van der Waals surface area contributed by atoms with Gasteiger partial charge in [0, 0.05) is 36.1 Å². The van der Waals surface area contributed by atoms with Crippen LogP contribution in [0, 0.1) is 17.0 Å². The summed E-state index contributed by atoms with van der Waals surface area (Å²) in [6, 6.07) is 16.2. The van der Waals surface area contributed by atoms with E-state index in [1.165, 1.54) is 23.1 Å². The number of nitrogens with zero attached hydrogens (tertiary/aromatic N) is 4. The number of hydrogen-bond donors (Lipinski definition) is 1. The number of morpholine rings is 1. The number of fused-ring (bicyclic) bond motifs is 1. The third-order valence-corrected chi connectivity index (χ3v) is 8.46. The highest BCUT2D eigenvalue weighted by Crippen LogP contribution is 2.33. The fourth-order valence-corrected chi connectivity index (χ4v) is 6.14. The number of carbonyl (C=O) groups is 1. The maximum absolute atomic E-state index is 12.4. The fourth-order valence-electron chi connectivity index (χ4n) is 4.06. The normalized spacial score (nSPS) is 13.7. The molecule has 3 aromatic carbocycles. The van der Waals surface area contributed by atoms with Gasteiger partial charge in [-0.2, -0.15) is 0 Å². The lowest BCUT2D eigenvalue weighted by molar-refractivity contribution is -0.384. The number of carbonyl (C=O) groups excluding carboxylic acids is 1. The number of nitro groups is 1. The van der Waals surface area contributed by atoms with Crippen LogP contribution >= 0.6 is 34.7 Å². The summed E-state index contributed by atoms with van der Waals surface area (Å²) in [4.78, 5) is 34.9. The smallest absolute Gasteiger partial charge is 0.293 e. The highest BCUT2D eigenvalue weighted by atomic mass is 35.5. The molecule has 12 heteroatoms. The molecule has 0 unspecified atom stereocenters. The minimum absolute atomic E-state index is 0.0509. The van der Waals surface area contributed by atoms with E-state index in [1.54, 1.807) is 30.5 Å². The first-order valence-corrected chi connectivity index (χ1v) is 14.3. The molecule has 4 aromatic rings. The van der Waals surface area contributed by atoms with E-state index < -0.39 is 0 Å². The van der Waals surface area contributed by atoms with Crippen LogP contribution in [0.1, 0.15) is 11.1 Å². The standard InChI is InChI=1S/C27H24ClN5O4S2/c1-17-2-4-19(28)13-22(17)30-26(34)16-38-27-31-21-6-5-20(14-25(21)39-27)29-15-18-3-7-23(24(12-18)33(35)36)32-8-10-37-11-9-32/h2-7,12-15H,8-11,16H2,1H3,(H,30,34). The van der Waals surface area contributed by atoms with Gasteiger partial charge in [0.25, 0.3) is 5.69 Å². The number of thiazole rings is 1. The Morgan fingerprint density at radius 3 is 2.85 bits per heavy atom. The molecule has 9 nitrogen and oxygen atoms in total. The second-order valence-corrected chi connectivity index (χ2v) is 11.5. The zero-order chi connectivity index (χ0) is 27.4. The van der Waals surface area contributed by atoms with Gasteiger partial charge in [0.1, 0.15) is 5.69 Å². The molecule has 1 aliphatic rings. The van der Waals surface area contributed by atoms with Gasteiger partial charge in [-0.1, -0.05) is 35.5 Å². The SMILES string of the molecule is Cc1ccc(Cl)cc1NC(=O)CSc1nc2ccc(N=Cc3ccc(N4CCOCC4)c([N+](=O)[O-])c3)cc2s1. The maximum Gasteiger partial charge on any atom is 0.293 e. The van der Waals surface area contributed by atoms with Gasteiger partial charge in [-0.25, -0.2) is 4.98 Å². The molecule has 0 aliphatic carbocycles. The summed E-state index contributed by atoms with van der Waals surface area (Å²) in [5.41, 5.74) is 4.44. The third kappa shape index (κ3) is 6.74. The number of halogens is 1. The van der Waals surface area contributed by atoms with Gasteiger partial charge in [0.15, 0.2) is 4.34 Å². The van der Waals surface area contributed by atoms with E-state index in [9.17, 15) is 14.9 Å². The predicted molar refractivity (Wildman–Crippen MR) is 159 cm³/mol. The molecule has 1 saturated heterocycles. The van der Waals surface area contributed by atoms with Crippen LogP contribution in [0.5, 0.6) is 0 Å². The lowest BCUT2D eigenvalue weighted by atomic mass is 10.1. The Morgan fingerprint density at radius 1 is 1.23 bits per heavy atom. The third-order valence-electron chi connectivity index (χ3n) is 6.06. The van der Waals surface area contributed by atoms with Gasteiger partial charge in [0.2, 0.25) is 5.91 Å². The molecule has 0 bridgehead atoms. The van der Waals surface area contributed by atoms with Crippen molar-refractivity contribution in [2.75, 3.05) is 42.3 Å². The molecule has 1 N–H and O–H groups in total. The Balaban J connectivity index is 1.25. The summed E-state index contributed by atoms with van der Waals surface area (Å²) in [6.07, 6.45) is 1.62. The van der Waals surface area contributed by atoms with Crippen LogP contribution < -0.4 is 10.2 Å². The minimum Gasteiger partial charge on any atom is -0.378 e. The Hall–Kier alpha value is -3.51. The first-order chi connectivity index (χ1) is 18.9. The van der Waals surface area contributed by atoms with Crippen molar-refractivity contribution in [1.82, 2.24) is 4.98 Å². The van der Waals surface area contributed by atoms with E-state index in [1.807, 2.05) is 42.2 Å². The number of rotatable bonds is 8. The number of hydrogen-bond acceptors (Lipinski definition) is 9. The second kappa shape index (κ2) is 12.1. The van der Waals surface area contributed by atoms with Gasteiger partial charge in [0.05, 0.1) is 39.8 Å². The average Bonchev–Trinajstić information content (AvgIpc) is 3.35. The first-order valence-electron chi connectivity index (χ1n) is 12.1. The lowest BCUT2D eigenvalue weighted by Gasteiger charge is -2.28. The van der Waals surface area contributed by atoms with Gasteiger partial charge < -0.3 is 15.0 Å². The summed E-state index contributed by atoms with van der Waals surface area (Å²) >= 11 is 8.88. The minimum atomic E-state index is -0.360. The Labute approximate surface area is 238 Å².